The van der Waals surface area contributed by atoms with Crippen molar-refractivity contribution in [2.75, 3.05) is 0 Å². The molecule has 5 heteroatoms. The number of halogens is 1. The Balaban J connectivity index is 2.36. The average Bonchev–Trinajstić information content (AvgIpc) is 2.46. The van der Waals surface area contributed by atoms with E-state index in [2.05, 4.69) is 0 Å². The second-order valence-electron chi connectivity index (χ2n) is 4.17. The second-order valence-corrected chi connectivity index (χ2v) is 4.61. The fraction of sp³-hybridized carbons (Fsp3) is 0.0667. The molecule has 102 valence electrons. The second kappa shape index (κ2) is 5.75. The van der Waals surface area contributed by atoms with Gasteiger partial charge in [0.15, 0.2) is 11.2 Å². The Morgan fingerprint density at radius 2 is 1.70 bits per heavy atom. The molecule has 0 aromatic heterocycles. The van der Waals surface area contributed by atoms with Crippen LogP contribution in [0.5, 0.6) is 5.75 Å². The number of hydrogen-bond donors (Lipinski definition) is 2. The Kier molecular flexibility index (Phi) is 4.05. The van der Waals surface area contributed by atoms with Gasteiger partial charge in [-0.15, -0.1) is 11.6 Å². The van der Waals surface area contributed by atoms with Gasteiger partial charge in [0.1, 0.15) is 5.75 Å². The number of phenolic OH excluding ortho intramolecular Hbond substituents is 1. The first-order chi connectivity index (χ1) is 9.50. The first-order valence-corrected chi connectivity index (χ1v) is 6.24. The number of rotatable bonds is 4. The molecule has 1 atom stereocenters. The van der Waals surface area contributed by atoms with Crippen molar-refractivity contribution < 1.29 is 19.8 Å². The number of carboxylic acid groups (broad SMARTS) is 1. The van der Waals surface area contributed by atoms with Gasteiger partial charge in [0.2, 0.25) is 0 Å². The van der Waals surface area contributed by atoms with Gasteiger partial charge in [0.25, 0.3) is 0 Å². The van der Waals surface area contributed by atoms with E-state index < -0.39 is 11.3 Å². The lowest BCUT2D eigenvalue weighted by atomic mass is 10.00. The third-order valence-electron chi connectivity index (χ3n) is 2.81. The minimum atomic E-state index is -1.26. The van der Waals surface area contributed by atoms with Crippen LogP contribution in [0.1, 0.15) is 26.9 Å². The van der Waals surface area contributed by atoms with E-state index in [1.54, 1.807) is 30.3 Å². The molecule has 0 heterocycles. The Morgan fingerprint density at radius 3 is 2.25 bits per heavy atom. The predicted molar refractivity (Wildman–Crippen MR) is 74.2 cm³/mol. The highest BCUT2D eigenvalue weighted by Gasteiger charge is 2.20. The lowest BCUT2D eigenvalue weighted by molar-refractivity contribution is -0.136. The molecule has 0 spiro atoms. The molecule has 2 aromatic carbocycles. The van der Waals surface area contributed by atoms with Crippen LogP contribution in [-0.2, 0) is 4.79 Å². The van der Waals surface area contributed by atoms with Crippen LogP contribution >= 0.6 is 11.6 Å². The van der Waals surface area contributed by atoms with E-state index in [-0.39, 0.29) is 22.7 Å². The van der Waals surface area contributed by atoms with Crippen LogP contribution in [0.4, 0.5) is 0 Å². The third-order valence-corrected chi connectivity index (χ3v) is 3.25. The monoisotopic (exact) mass is 290 g/mol. The maximum absolute atomic E-state index is 12.2. The van der Waals surface area contributed by atoms with Gasteiger partial charge in [0, 0.05) is 5.56 Å². The Hall–Kier alpha value is -2.33. The van der Waals surface area contributed by atoms with Crippen LogP contribution in [0.2, 0.25) is 0 Å². The van der Waals surface area contributed by atoms with Gasteiger partial charge in [-0.05, 0) is 17.7 Å². The number of aromatic hydroxyl groups is 1. The van der Waals surface area contributed by atoms with Crippen molar-refractivity contribution in [1.29, 1.82) is 0 Å². The number of alkyl halides is 1. The van der Waals surface area contributed by atoms with E-state index in [1.807, 2.05) is 0 Å². The molecule has 0 fully saturated rings. The molecule has 0 bridgehead atoms. The van der Waals surface area contributed by atoms with Crippen molar-refractivity contribution in [2.45, 2.75) is 5.38 Å². The fourth-order valence-electron chi connectivity index (χ4n) is 1.79. The molecule has 0 aliphatic rings. The molecule has 4 nitrogen and oxygen atoms in total. The molecular weight excluding hydrogens is 280 g/mol. The van der Waals surface area contributed by atoms with Gasteiger partial charge in [-0.25, -0.2) is 0 Å². The van der Waals surface area contributed by atoms with Crippen LogP contribution < -0.4 is 0 Å². The molecule has 2 N–H and O–H groups in total. The van der Waals surface area contributed by atoms with Crippen LogP contribution in [0.15, 0.2) is 48.5 Å². The Bertz CT molecular complexity index is 652. The molecule has 0 saturated carbocycles. The van der Waals surface area contributed by atoms with Crippen molar-refractivity contribution in [3.05, 3.63) is 65.2 Å². The van der Waals surface area contributed by atoms with Gasteiger partial charge in [-0.3, -0.25) is 9.59 Å². The largest absolute Gasteiger partial charge is 0.507 e. The summed E-state index contributed by atoms with van der Waals surface area (Å²) < 4.78 is 0. The van der Waals surface area contributed by atoms with Crippen molar-refractivity contribution in [1.82, 2.24) is 0 Å². The third kappa shape index (κ3) is 2.81. The standard InChI is InChI=1S/C15H11ClO4/c16-13(15(19)20)10-6-7-11(12(17)8-10)14(18)9-4-2-1-3-5-9/h1-8,13,17H,(H,19,20). The van der Waals surface area contributed by atoms with E-state index in [9.17, 15) is 14.7 Å². The summed E-state index contributed by atoms with van der Waals surface area (Å²) in [5.41, 5.74) is 0.770. The summed E-state index contributed by atoms with van der Waals surface area (Å²) in [6.07, 6.45) is 0. The highest BCUT2D eigenvalue weighted by atomic mass is 35.5. The summed E-state index contributed by atoms with van der Waals surface area (Å²) in [5, 5.41) is 17.4. The number of phenols is 1. The fourth-order valence-corrected chi connectivity index (χ4v) is 1.92. The molecular formula is C15H11ClO4. The zero-order valence-electron chi connectivity index (χ0n) is 10.3. The smallest absolute Gasteiger partial charge is 0.326 e. The normalized spacial score (nSPS) is 11.8. The number of carbonyl (C=O) groups excluding carboxylic acids is 1. The van der Waals surface area contributed by atoms with E-state index in [0.29, 0.717) is 5.56 Å². The van der Waals surface area contributed by atoms with Crippen molar-refractivity contribution in [3.8, 4) is 5.75 Å². The lowest BCUT2D eigenvalue weighted by Crippen LogP contribution is -2.06. The van der Waals surface area contributed by atoms with Gasteiger partial charge in [-0.2, -0.15) is 0 Å². The van der Waals surface area contributed by atoms with Gasteiger partial charge in [0.05, 0.1) is 5.56 Å². The Labute approximate surface area is 120 Å². The van der Waals surface area contributed by atoms with Crippen LogP contribution in [-0.4, -0.2) is 22.0 Å². The summed E-state index contributed by atoms with van der Waals surface area (Å²) in [5.74, 6) is -1.84. The molecule has 0 aliphatic heterocycles. The van der Waals surface area contributed by atoms with Crippen LogP contribution in [0.3, 0.4) is 0 Å². The SMILES string of the molecule is O=C(c1ccccc1)c1ccc(C(Cl)C(=O)O)cc1O. The van der Waals surface area contributed by atoms with Gasteiger partial charge >= 0.3 is 5.97 Å². The molecule has 20 heavy (non-hydrogen) atoms. The van der Waals surface area contributed by atoms with Gasteiger partial charge < -0.3 is 10.2 Å². The topological polar surface area (TPSA) is 74.6 Å². The van der Waals surface area contributed by atoms with Crippen molar-refractivity contribution >= 4 is 23.4 Å². The lowest BCUT2D eigenvalue weighted by Gasteiger charge is -2.08. The molecule has 2 aromatic rings. The Morgan fingerprint density at radius 1 is 1.05 bits per heavy atom. The minimum Gasteiger partial charge on any atom is -0.507 e. The molecule has 0 amide bonds. The molecule has 2 rings (SSSR count). The van der Waals surface area contributed by atoms with Gasteiger partial charge in [-0.1, -0.05) is 36.4 Å². The van der Waals surface area contributed by atoms with E-state index in [1.165, 1.54) is 18.2 Å². The maximum atomic E-state index is 12.2. The van der Waals surface area contributed by atoms with E-state index in [4.69, 9.17) is 16.7 Å². The summed E-state index contributed by atoms with van der Waals surface area (Å²) in [4.78, 5) is 22.9. The number of ketones is 1. The first kappa shape index (κ1) is 14.1. The van der Waals surface area contributed by atoms with Crippen LogP contribution in [0.25, 0.3) is 0 Å². The van der Waals surface area contributed by atoms with E-state index in [0.717, 1.165) is 0 Å². The zero-order valence-corrected chi connectivity index (χ0v) is 11.0. The average molecular weight is 291 g/mol. The zero-order chi connectivity index (χ0) is 14.7. The highest BCUT2D eigenvalue weighted by molar-refractivity contribution is 6.29. The summed E-state index contributed by atoms with van der Waals surface area (Å²) in [6, 6.07) is 12.5. The quantitative estimate of drug-likeness (QED) is 0.670. The molecule has 0 saturated heterocycles. The minimum absolute atomic E-state index is 0.106. The number of carbonyl (C=O) groups is 2. The maximum Gasteiger partial charge on any atom is 0.326 e. The summed E-state index contributed by atoms with van der Waals surface area (Å²) >= 11 is 5.67. The molecule has 0 radical (unpaired) electrons. The number of hydrogen-bond acceptors (Lipinski definition) is 3. The van der Waals surface area contributed by atoms with Crippen molar-refractivity contribution in [2.24, 2.45) is 0 Å². The first-order valence-electron chi connectivity index (χ1n) is 5.80. The number of benzene rings is 2. The number of aliphatic carboxylic acids is 1. The van der Waals surface area contributed by atoms with E-state index >= 15 is 0 Å². The summed E-state index contributed by atoms with van der Waals surface area (Å²) in [6.45, 7) is 0. The van der Waals surface area contributed by atoms with Crippen LogP contribution in [0, 0.1) is 0 Å². The summed E-state index contributed by atoms with van der Waals surface area (Å²) in [7, 11) is 0. The predicted octanol–water partition coefficient (Wildman–Crippen LogP) is 2.99. The van der Waals surface area contributed by atoms with Crippen molar-refractivity contribution in [3.63, 3.8) is 0 Å². The molecule has 0 aliphatic carbocycles. The highest BCUT2D eigenvalue weighted by Crippen LogP contribution is 2.28. The molecule has 1 unspecified atom stereocenters. The number of carboxylic acids is 1.